The first-order valence-corrected chi connectivity index (χ1v) is 6.26. The van der Waals surface area contributed by atoms with Crippen LogP contribution in [0.1, 0.15) is 21.6 Å². The van der Waals surface area contributed by atoms with E-state index < -0.39 is 6.04 Å². The SMILES string of the molecule is Cc1[nH]c2ccc(C(=O)NC[C@@H](N)CO)cc2c1C. The van der Waals surface area contributed by atoms with Gasteiger partial charge >= 0.3 is 0 Å². The zero-order valence-corrected chi connectivity index (χ0v) is 11.2. The van der Waals surface area contributed by atoms with Crippen LogP contribution in [0.4, 0.5) is 0 Å². The summed E-state index contributed by atoms with van der Waals surface area (Å²) in [5.74, 6) is -0.177. The lowest BCUT2D eigenvalue weighted by atomic mass is 10.1. The van der Waals surface area contributed by atoms with Crippen LogP contribution in [-0.4, -0.2) is 35.2 Å². The Hall–Kier alpha value is -1.85. The van der Waals surface area contributed by atoms with Crippen molar-refractivity contribution < 1.29 is 9.90 Å². The summed E-state index contributed by atoms with van der Waals surface area (Å²) in [6.07, 6.45) is 0. The Morgan fingerprint density at radius 1 is 1.47 bits per heavy atom. The number of amides is 1. The second-order valence-electron chi connectivity index (χ2n) is 4.79. The van der Waals surface area contributed by atoms with E-state index in [0.717, 1.165) is 22.2 Å². The van der Waals surface area contributed by atoms with Crippen LogP contribution < -0.4 is 11.1 Å². The number of nitrogens with one attached hydrogen (secondary N) is 2. The number of nitrogens with two attached hydrogens (primary N) is 1. The molecule has 5 heteroatoms. The number of aliphatic hydroxyl groups is 1. The molecule has 0 fully saturated rings. The second kappa shape index (κ2) is 5.42. The number of aryl methyl sites for hydroxylation is 2. The van der Waals surface area contributed by atoms with Crippen LogP contribution in [-0.2, 0) is 0 Å². The predicted octanol–water partition coefficient (Wildman–Crippen LogP) is 0.834. The minimum atomic E-state index is -0.427. The van der Waals surface area contributed by atoms with Gasteiger partial charge in [0.2, 0.25) is 0 Å². The number of carbonyl (C=O) groups is 1. The smallest absolute Gasteiger partial charge is 0.251 e. The average molecular weight is 261 g/mol. The molecule has 19 heavy (non-hydrogen) atoms. The topological polar surface area (TPSA) is 91.1 Å². The molecular weight excluding hydrogens is 242 g/mol. The first kappa shape index (κ1) is 13.6. The second-order valence-corrected chi connectivity index (χ2v) is 4.79. The Morgan fingerprint density at radius 2 is 2.21 bits per heavy atom. The summed E-state index contributed by atoms with van der Waals surface area (Å²) in [7, 11) is 0. The number of benzene rings is 1. The van der Waals surface area contributed by atoms with Crippen molar-refractivity contribution in [2.75, 3.05) is 13.2 Å². The molecule has 5 nitrogen and oxygen atoms in total. The third kappa shape index (κ3) is 2.77. The van der Waals surface area contributed by atoms with Gasteiger partial charge in [-0.2, -0.15) is 0 Å². The average Bonchev–Trinajstić information content (AvgIpc) is 2.70. The number of fused-ring (bicyclic) bond motifs is 1. The van der Waals surface area contributed by atoms with Gasteiger partial charge in [-0.25, -0.2) is 0 Å². The maximum atomic E-state index is 12.0. The Kier molecular flexibility index (Phi) is 3.87. The molecule has 0 spiro atoms. The molecule has 2 rings (SSSR count). The number of hydrogen-bond donors (Lipinski definition) is 4. The Labute approximate surface area is 111 Å². The fourth-order valence-electron chi connectivity index (χ4n) is 1.99. The summed E-state index contributed by atoms with van der Waals surface area (Å²) in [4.78, 5) is 15.2. The monoisotopic (exact) mass is 261 g/mol. The minimum absolute atomic E-state index is 0.143. The van der Waals surface area contributed by atoms with E-state index in [2.05, 4.69) is 10.3 Å². The van der Waals surface area contributed by atoms with Crippen molar-refractivity contribution in [3.8, 4) is 0 Å². The maximum Gasteiger partial charge on any atom is 0.251 e. The molecule has 0 aliphatic heterocycles. The van der Waals surface area contributed by atoms with Gasteiger partial charge < -0.3 is 21.1 Å². The van der Waals surface area contributed by atoms with Gasteiger partial charge in [0.1, 0.15) is 0 Å². The third-order valence-electron chi connectivity index (χ3n) is 3.33. The van der Waals surface area contributed by atoms with Gasteiger partial charge in [0.25, 0.3) is 5.91 Å². The number of rotatable bonds is 4. The third-order valence-corrected chi connectivity index (χ3v) is 3.33. The van der Waals surface area contributed by atoms with Crippen LogP contribution in [0.25, 0.3) is 10.9 Å². The Balaban J connectivity index is 2.20. The minimum Gasteiger partial charge on any atom is -0.395 e. The van der Waals surface area contributed by atoms with Crippen molar-refractivity contribution in [2.24, 2.45) is 5.73 Å². The van der Waals surface area contributed by atoms with Crippen molar-refractivity contribution in [1.82, 2.24) is 10.3 Å². The number of hydrogen-bond acceptors (Lipinski definition) is 3. The first-order chi connectivity index (χ1) is 9.02. The highest BCUT2D eigenvalue weighted by atomic mass is 16.3. The summed E-state index contributed by atoms with van der Waals surface area (Å²) in [6, 6.07) is 5.12. The van der Waals surface area contributed by atoms with E-state index >= 15 is 0 Å². The van der Waals surface area contributed by atoms with Gasteiger partial charge in [0.05, 0.1) is 6.61 Å². The maximum absolute atomic E-state index is 12.0. The van der Waals surface area contributed by atoms with E-state index in [1.165, 1.54) is 0 Å². The summed E-state index contributed by atoms with van der Waals surface area (Å²) in [6.45, 7) is 4.15. The van der Waals surface area contributed by atoms with Crippen LogP contribution in [0.15, 0.2) is 18.2 Å². The molecule has 0 saturated heterocycles. The molecule has 0 aliphatic rings. The number of H-pyrrole nitrogens is 1. The van der Waals surface area contributed by atoms with E-state index in [-0.39, 0.29) is 19.1 Å². The lowest BCUT2D eigenvalue weighted by molar-refractivity contribution is 0.0948. The quantitative estimate of drug-likeness (QED) is 0.657. The fraction of sp³-hybridized carbons (Fsp3) is 0.357. The van der Waals surface area contributed by atoms with E-state index in [1.54, 1.807) is 6.07 Å². The zero-order chi connectivity index (χ0) is 14.0. The summed E-state index contributed by atoms with van der Waals surface area (Å²) in [5.41, 5.74) is 9.43. The van der Waals surface area contributed by atoms with E-state index in [9.17, 15) is 4.79 Å². The lowest BCUT2D eigenvalue weighted by Crippen LogP contribution is -2.39. The molecule has 0 unspecified atom stereocenters. The molecule has 1 heterocycles. The van der Waals surface area contributed by atoms with Gasteiger partial charge in [-0.05, 0) is 37.6 Å². The van der Waals surface area contributed by atoms with Gasteiger partial charge in [-0.15, -0.1) is 0 Å². The van der Waals surface area contributed by atoms with Gasteiger partial charge in [0.15, 0.2) is 0 Å². The molecule has 0 radical (unpaired) electrons. The van der Waals surface area contributed by atoms with Crippen molar-refractivity contribution in [1.29, 1.82) is 0 Å². The van der Waals surface area contributed by atoms with Gasteiger partial charge in [-0.1, -0.05) is 0 Å². The predicted molar refractivity (Wildman–Crippen MR) is 75.2 cm³/mol. The molecule has 5 N–H and O–H groups in total. The van der Waals surface area contributed by atoms with Crippen molar-refractivity contribution in [3.63, 3.8) is 0 Å². The molecule has 102 valence electrons. The standard InChI is InChI=1S/C14H19N3O2/c1-8-9(2)17-13-4-3-10(5-12(8)13)14(19)16-6-11(15)7-18/h3-5,11,17-18H,6-7,15H2,1-2H3,(H,16,19)/t11-/m1/s1. The van der Waals surface area contributed by atoms with Crippen molar-refractivity contribution in [2.45, 2.75) is 19.9 Å². The molecule has 0 bridgehead atoms. The highest BCUT2D eigenvalue weighted by Gasteiger charge is 2.10. The zero-order valence-electron chi connectivity index (χ0n) is 11.2. The molecule has 1 aromatic heterocycles. The molecular formula is C14H19N3O2. The highest BCUT2D eigenvalue weighted by molar-refractivity contribution is 5.99. The first-order valence-electron chi connectivity index (χ1n) is 6.26. The van der Waals surface area contributed by atoms with Crippen LogP contribution in [0.5, 0.6) is 0 Å². The van der Waals surface area contributed by atoms with E-state index in [0.29, 0.717) is 5.56 Å². The van der Waals surface area contributed by atoms with Crippen molar-refractivity contribution in [3.05, 3.63) is 35.0 Å². The number of aliphatic hydroxyl groups excluding tert-OH is 1. The lowest BCUT2D eigenvalue weighted by Gasteiger charge is -2.09. The molecule has 1 aromatic carbocycles. The summed E-state index contributed by atoms with van der Waals surface area (Å²) >= 11 is 0. The van der Waals surface area contributed by atoms with Crippen LogP contribution in [0.2, 0.25) is 0 Å². The van der Waals surface area contributed by atoms with Crippen LogP contribution in [0.3, 0.4) is 0 Å². The molecule has 1 atom stereocenters. The Morgan fingerprint density at radius 3 is 2.89 bits per heavy atom. The summed E-state index contributed by atoms with van der Waals surface area (Å²) < 4.78 is 0. The van der Waals surface area contributed by atoms with Crippen LogP contribution in [0, 0.1) is 13.8 Å². The van der Waals surface area contributed by atoms with Gasteiger partial charge in [-0.3, -0.25) is 4.79 Å². The highest BCUT2D eigenvalue weighted by Crippen LogP contribution is 2.22. The largest absolute Gasteiger partial charge is 0.395 e. The number of aromatic nitrogens is 1. The molecule has 0 saturated carbocycles. The number of carbonyl (C=O) groups excluding carboxylic acids is 1. The summed E-state index contributed by atoms with van der Waals surface area (Å²) in [5, 5.41) is 12.6. The van der Waals surface area contributed by atoms with Gasteiger partial charge in [0, 0.05) is 34.7 Å². The van der Waals surface area contributed by atoms with E-state index in [4.69, 9.17) is 10.8 Å². The normalized spacial score (nSPS) is 12.6. The molecule has 0 aliphatic carbocycles. The van der Waals surface area contributed by atoms with Crippen LogP contribution >= 0.6 is 0 Å². The number of aromatic amines is 1. The van der Waals surface area contributed by atoms with E-state index in [1.807, 2.05) is 26.0 Å². The fourth-order valence-corrected chi connectivity index (χ4v) is 1.99. The molecule has 1 amide bonds. The van der Waals surface area contributed by atoms with Crippen molar-refractivity contribution >= 4 is 16.8 Å². The Bertz CT molecular complexity index is 604. The molecule has 2 aromatic rings.